The van der Waals surface area contributed by atoms with Crippen LogP contribution in [-0.2, 0) is 26.0 Å². The molecule has 0 aliphatic carbocycles. The number of hydrogen-bond donors (Lipinski definition) is 1. The maximum atomic E-state index is 9.21. The van der Waals surface area contributed by atoms with Crippen LogP contribution in [0.1, 0.15) is 11.1 Å². The molecule has 0 amide bonds. The van der Waals surface area contributed by atoms with E-state index in [1.165, 1.54) is 0 Å². The van der Waals surface area contributed by atoms with Gasteiger partial charge in [-0.3, -0.25) is 5.21 Å². The van der Waals surface area contributed by atoms with Crippen molar-refractivity contribution < 1.29 is 24.7 Å². The Morgan fingerprint density at radius 1 is 1.33 bits per heavy atom. The van der Waals surface area contributed by atoms with E-state index < -0.39 is 0 Å². The first-order chi connectivity index (χ1) is 5.29. The first-order valence-electron chi connectivity index (χ1n) is 3.37. The molecular formula is C8H7NOSZn+2. The number of hydroxylamine groups is 2. The van der Waals surface area contributed by atoms with Gasteiger partial charge in [-0.1, -0.05) is 36.5 Å². The van der Waals surface area contributed by atoms with E-state index >= 15 is 0 Å². The van der Waals surface area contributed by atoms with Crippen molar-refractivity contribution in [2.24, 2.45) is 0 Å². The molecule has 0 bridgehead atoms. The summed E-state index contributed by atoms with van der Waals surface area (Å²) >= 11 is 4.97. The Kier molecular flexibility index (Phi) is 2.94. The number of hydrogen-bond acceptors (Lipinski definition) is 2. The van der Waals surface area contributed by atoms with Crippen molar-refractivity contribution >= 4 is 17.2 Å². The molecule has 1 heterocycles. The second-order valence-corrected chi connectivity index (χ2v) is 2.91. The Morgan fingerprint density at radius 3 is 2.67 bits per heavy atom. The molecular weight excluding hydrogens is 224 g/mol. The van der Waals surface area contributed by atoms with Gasteiger partial charge in [-0.25, -0.2) is 5.06 Å². The third kappa shape index (κ3) is 1.42. The minimum absolute atomic E-state index is 0. The molecule has 0 radical (unpaired) electrons. The average molecular weight is 231 g/mol. The minimum atomic E-state index is 0. The normalized spacial score (nSPS) is 14.1. The minimum Gasteiger partial charge on any atom is -0.287 e. The van der Waals surface area contributed by atoms with Gasteiger partial charge in [0.1, 0.15) is 4.99 Å². The van der Waals surface area contributed by atoms with Crippen LogP contribution in [0.4, 0.5) is 0 Å². The summed E-state index contributed by atoms with van der Waals surface area (Å²) in [5.74, 6) is 0. The van der Waals surface area contributed by atoms with Crippen molar-refractivity contribution in [2.45, 2.75) is 6.54 Å². The Bertz CT molecular complexity index is 316. The quantitative estimate of drug-likeness (QED) is 0.541. The van der Waals surface area contributed by atoms with Gasteiger partial charge in [0.05, 0.1) is 6.54 Å². The number of fused-ring (bicyclic) bond motifs is 1. The van der Waals surface area contributed by atoms with Gasteiger partial charge in [0, 0.05) is 5.56 Å². The Balaban J connectivity index is 0.000000720. The number of benzene rings is 1. The standard InChI is InChI=1S/C8H7NOS.Zn/c10-9-5-6-3-1-2-4-7(6)8(9)11;/h1-4,10H,5H2;/q;+2. The van der Waals surface area contributed by atoms with Gasteiger partial charge in [-0.05, 0) is 5.56 Å². The largest absolute Gasteiger partial charge is 2.00 e. The predicted octanol–water partition coefficient (Wildman–Crippen LogP) is 1.56. The van der Waals surface area contributed by atoms with Crippen LogP contribution in [0.5, 0.6) is 0 Å². The zero-order valence-corrected chi connectivity index (χ0v) is 10.3. The maximum Gasteiger partial charge on any atom is 2.00 e. The van der Waals surface area contributed by atoms with Crippen molar-refractivity contribution in [3.05, 3.63) is 35.4 Å². The molecule has 0 unspecified atom stereocenters. The first-order valence-corrected chi connectivity index (χ1v) is 3.78. The van der Waals surface area contributed by atoms with Crippen LogP contribution in [-0.4, -0.2) is 15.3 Å². The SMILES string of the molecule is ON1Cc2ccccc2C1=S.[Zn+2]. The van der Waals surface area contributed by atoms with Crippen molar-refractivity contribution in [1.29, 1.82) is 0 Å². The molecule has 1 aromatic rings. The summed E-state index contributed by atoms with van der Waals surface area (Å²) < 4.78 is 0. The number of nitrogens with zero attached hydrogens (tertiary/aromatic N) is 1. The fourth-order valence-electron chi connectivity index (χ4n) is 1.24. The zero-order chi connectivity index (χ0) is 7.84. The van der Waals surface area contributed by atoms with E-state index in [9.17, 15) is 5.21 Å². The Hall–Kier alpha value is -0.307. The van der Waals surface area contributed by atoms with Crippen molar-refractivity contribution in [2.75, 3.05) is 0 Å². The first kappa shape index (κ1) is 9.78. The van der Waals surface area contributed by atoms with Crippen LogP contribution in [0.25, 0.3) is 0 Å². The fourth-order valence-corrected chi connectivity index (χ4v) is 1.50. The summed E-state index contributed by atoms with van der Waals surface area (Å²) in [5.41, 5.74) is 2.07. The van der Waals surface area contributed by atoms with Gasteiger partial charge in [-0.2, -0.15) is 0 Å². The van der Waals surface area contributed by atoms with Gasteiger partial charge >= 0.3 is 19.5 Å². The monoisotopic (exact) mass is 229 g/mol. The molecule has 0 atom stereocenters. The molecule has 1 N–H and O–H groups in total. The van der Waals surface area contributed by atoms with Gasteiger partial charge in [0.15, 0.2) is 0 Å². The molecule has 0 aromatic heterocycles. The smallest absolute Gasteiger partial charge is 0.287 e. The zero-order valence-electron chi connectivity index (χ0n) is 6.53. The van der Waals surface area contributed by atoms with E-state index in [-0.39, 0.29) is 19.5 Å². The third-order valence-electron chi connectivity index (χ3n) is 1.80. The molecule has 0 saturated carbocycles. The van der Waals surface area contributed by atoms with Crippen molar-refractivity contribution in [3.63, 3.8) is 0 Å². The van der Waals surface area contributed by atoms with Gasteiger partial charge < -0.3 is 0 Å². The van der Waals surface area contributed by atoms with E-state index in [1.807, 2.05) is 24.3 Å². The molecule has 1 aliphatic rings. The van der Waals surface area contributed by atoms with Crippen LogP contribution in [0.3, 0.4) is 0 Å². The van der Waals surface area contributed by atoms with Gasteiger partial charge in [0.25, 0.3) is 0 Å². The van der Waals surface area contributed by atoms with E-state index in [0.29, 0.717) is 11.5 Å². The fraction of sp³-hybridized carbons (Fsp3) is 0.125. The van der Waals surface area contributed by atoms with E-state index in [2.05, 4.69) is 0 Å². The van der Waals surface area contributed by atoms with Crippen molar-refractivity contribution in [1.82, 2.24) is 5.06 Å². The molecule has 0 spiro atoms. The summed E-state index contributed by atoms with van der Waals surface area (Å²) in [6, 6.07) is 7.76. The molecule has 4 heteroatoms. The summed E-state index contributed by atoms with van der Waals surface area (Å²) in [6.07, 6.45) is 0. The number of rotatable bonds is 0. The molecule has 0 saturated heterocycles. The van der Waals surface area contributed by atoms with Gasteiger partial charge in [-0.15, -0.1) is 0 Å². The van der Waals surface area contributed by atoms with E-state index in [4.69, 9.17) is 12.2 Å². The summed E-state index contributed by atoms with van der Waals surface area (Å²) in [6.45, 7) is 0.523. The van der Waals surface area contributed by atoms with Crippen LogP contribution in [0, 0.1) is 0 Å². The Labute approximate surface area is 88.9 Å². The molecule has 56 valence electrons. The predicted molar refractivity (Wildman–Crippen MR) is 45.5 cm³/mol. The summed E-state index contributed by atoms with van der Waals surface area (Å²) in [5, 5.41) is 10.3. The maximum absolute atomic E-state index is 9.21. The number of thiocarbonyl (C=S) groups is 1. The van der Waals surface area contributed by atoms with Crippen LogP contribution >= 0.6 is 12.2 Å². The third-order valence-corrected chi connectivity index (χ3v) is 2.23. The topological polar surface area (TPSA) is 23.5 Å². The van der Waals surface area contributed by atoms with E-state index in [1.54, 1.807) is 0 Å². The molecule has 12 heavy (non-hydrogen) atoms. The second kappa shape index (κ2) is 3.61. The molecule has 0 fully saturated rings. The molecule has 1 aliphatic heterocycles. The average Bonchev–Trinajstić information content (AvgIpc) is 2.30. The van der Waals surface area contributed by atoms with E-state index in [0.717, 1.165) is 16.2 Å². The second-order valence-electron chi connectivity index (χ2n) is 2.52. The van der Waals surface area contributed by atoms with Crippen molar-refractivity contribution in [3.8, 4) is 0 Å². The van der Waals surface area contributed by atoms with Crippen LogP contribution in [0.2, 0.25) is 0 Å². The van der Waals surface area contributed by atoms with Crippen LogP contribution in [0.15, 0.2) is 24.3 Å². The van der Waals surface area contributed by atoms with Crippen LogP contribution < -0.4 is 0 Å². The molecule has 2 nitrogen and oxygen atoms in total. The molecule has 2 rings (SSSR count). The van der Waals surface area contributed by atoms with Gasteiger partial charge in [0.2, 0.25) is 0 Å². The summed E-state index contributed by atoms with van der Waals surface area (Å²) in [7, 11) is 0. The Morgan fingerprint density at radius 2 is 2.00 bits per heavy atom. The summed E-state index contributed by atoms with van der Waals surface area (Å²) in [4.78, 5) is 0.528. The molecule has 1 aromatic carbocycles.